The monoisotopic (exact) mass is 157 g/mol. The van der Waals surface area contributed by atoms with Gasteiger partial charge in [0, 0.05) is 20.6 Å². The van der Waals surface area contributed by atoms with Gasteiger partial charge in [0.15, 0.2) is 0 Å². The summed E-state index contributed by atoms with van der Waals surface area (Å²) in [6.07, 6.45) is 1.96. The van der Waals surface area contributed by atoms with Crippen LogP contribution in [0.1, 0.15) is 12.8 Å². The van der Waals surface area contributed by atoms with Crippen LogP contribution in [-0.2, 0) is 4.79 Å². The molecule has 0 unspecified atom stereocenters. The third-order valence-electron chi connectivity index (χ3n) is 2.07. The average Bonchev–Trinajstić information content (AvgIpc) is 2.32. The highest BCUT2D eigenvalue weighted by Crippen LogP contribution is 2.16. The Bertz CT molecular complexity index is 158. The number of carbonyl (C=O) groups excluding carboxylic acids is 1. The number of hydrogen-bond donors (Lipinski definition) is 1. The first-order valence-electron chi connectivity index (χ1n) is 3.86. The highest BCUT2D eigenvalue weighted by molar-refractivity contribution is 5.80. The fourth-order valence-electron chi connectivity index (χ4n) is 1.52. The van der Waals surface area contributed by atoms with E-state index in [4.69, 9.17) is 5.73 Å². The van der Waals surface area contributed by atoms with Gasteiger partial charge in [-0.05, 0) is 12.8 Å². The maximum Gasteiger partial charge on any atom is 0.236 e. The molecular formula is C7H15N3O. The molecule has 0 saturated carbocycles. The van der Waals surface area contributed by atoms with Gasteiger partial charge in [-0.15, -0.1) is 0 Å². The van der Waals surface area contributed by atoms with Crippen LogP contribution in [-0.4, -0.2) is 42.6 Å². The van der Waals surface area contributed by atoms with E-state index in [2.05, 4.69) is 0 Å². The number of hydrogen-bond acceptors (Lipinski definition) is 3. The van der Waals surface area contributed by atoms with E-state index in [0.29, 0.717) is 0 Å². The number of hydrazine groups is 1. The summed E-state index contributed by atoms with van der Waals surface area (Å²) in [6, 6.07) is -0.0787. The minimum Gasteiger partial charge on any atom is -0.368 e. The van der Waals surface area contributed by atoms with Gasteiger partial charge >= 0.3 is 0 Å². The molecule has 1 amide bonds. The Morgan fingerprint density at radius 1 is 1.64 bits per heavy atom. The Balaban J connectivity index is 2.58. The minimum absolute atomic E-state index is 0.0787. The lowest BCUT2D eigenvalue weighted by atomic mass is 10.2. The summed E-state index contributed by atoms with van der Waals surface area (Å²) in [7, 11) is 3.86. The second-order valence-electron chi connectivity index (χ2n) is 3.07. The van der Waals surface area contributed by atoms with Crippen LogP contribution in [0.3, 0.4) is 0 Å². The largest absolute Gasteiger partial charge is 0.368 e. The van der Waals surface area contributed by atoms with E-state index in [1.807, 2.05) is 24.1 Å². The van der Waals surface area contributed by atoms with Gasteiger partial charge in [-0.2, -0.15) is 0 Å². The van der Waals surface area contributed by atoms with Gasteiger partial charge in [-0.1, -0.05) is 0 Å². The van der Waals surface area contributed by atoms with Gasteiger partial charge in [-0.25, -0.2) is 10.0 Å². The van der Waals surface area contributed by atoms with Crippen LogP contribution in [0.25, 0.3) is 0 Å². The van der Waals surface area contributed by atoms with Crippen molar-refractivity contribution in [3.8, 4) is 0 Å². The number of carbonyl (C=O) groups is 1. The summed E-state index contributed by atoms with van der Waals surface area (Å²) in [5.74, 6) is -0.212. The second-order valence-corrected chi connectivity index (χ2v) is 3.07. The lowest BCUT2D eigenvalue weighted by Gasteiger charge is -2.28. The molecule has 11 heavy (non-hydrogen) atoms. The van der Waals surface area contributed by atoms with Crippen molar-refractivity contribution in [3.63, 3.8) is 0 Å². The molecule has 0 bridgehead atoms. The van der Waals surface area contributed by atoms with Gasteiger partial charge in [-0.3, -0.25) is 4.79 Å². The van der Waals surface area contributed by atoms with Crippen molar-refractivity contribution in [1.82, 2.24) is 10.0 Å². The summed E-state index contributed by atoms with van der Waals surface area (Å²) in [6.45, 7) is 0.945. The first-order chi connectivity index (χ1) is 5.13. The van der Waals surface area contributed by atoms with Crippen molar-refractivity contribution in [2.75, 3.05) is 20.6 Å². The molecule has 4 nitrogen and oxygen atoms in total. The van der Waals surface area contributed by atoms with Crippen molar-refractivity contribution >= 4 is 5.91 Å². The number of amides is 1. The fraction of sp³-hybridized carbons (Fsp3) is 0.857. The standard InChI is InChI=1S/C7H15N3O/c1-9(2)10-5-3-4-6(10)7(8)11/h6H,3-5H2,1-2H3,(H2,8,11)/t6-/m0/s1. The molecule has 1 aliphatic heterocycles. The smallest absolute Gasteiger partial charge is 0.236 e. The normalized spacial score (nSPS) is 26.3. The molecule has 1 rings (SSSR count). The molecule has 1 aliphatic rings. The van der Waals surface area contributed by atoms with Gasteiger partial charge in [0.25, 0.3) is 0 Å². The van der Waals surface area contributed by atoms with Crippen molar-refractivity contribution < 1.29 is 4.79 Å². The summed E-state index contributed by atoms with van der Waals surface area (Å²) in [5.41, 5.74) is 5.22. The lowest BCUT2D eigenvalue weighted by molar-refractivity contribution is -0.127. The van der Waals surface area contributed by atoms with Crippen LogP contribution < -0.4 is 5.73 Å². The molecular weight excluding hydrogens is 142 g/mol. The minimum atomic E-state index is -0.212. The van der Waals surface area contributed by atoms with E-state index in [9.17, 15) is 4.79 Å². The van der Waals surface area contributed by atoms with E-state index >= 15 is 0 Å². The maximum atomic E-state index is 10.9. The molecule has 1 heterocycles. The Kier molecular flexibility index (Phi) is 2.46. The fourth-order valence-corrected chi connectivity index (χ4v) is 1.52. The molecule has 0 radical (unpaired) electrons. The third kappa shape index (κ3) is 1.70. The van der Waals surface area contributed by atoms with Crippen molar-refractivity contribution in [1.29, 1.82) is 0 Å². The van der Waals surface area contributed by atoms with Crippen LogP contribution in [0.15, 0.2) is 0 Å². The quantitative estimate of drug-likeness (QED) is 0.583. The molecule has 0 aromatic heterocycles. The van der Waals surface area contributed by atoms with E-state index in [1.54, 1.807) is 0 Å². The molecule has 0 aromatic carbocycles. The van der Waals surface area contributed by atoms with E-state index in [0.717, 1.165) is 19.4 Å². The molecule has 4 heteroatoms. The molecule has 2 N–H and O–H groups in total. The number of rotatable bonds is 2. The molecule has 1 fully saturated rings. The van der Waals surface area contributed by atoms with Crippen molar-refractivity contribution in [2.45, 2.75) is 18.9 Å². The molecule has 1 atom stereocenters. The number of primary amides is 1. The third-order valence-corrected chi connectivity index (χ3v) is 2.07. The predicted molar refractivity (Wildman–Crippen MR) is 42.6 cm³/mol. The van der Waals surface area contributed by atoms with Crippen LogP contribution >= 0.6 is 0 Å². The van der Waals surface area contributed by atoms with Crippen LogP contribution in [0, 0.1) is 0 Å². The molecule has 1 saturated heterocycles. The van der Waals surface area contributed by atoms with Gasteiger partial charge < -0.3 is 5.73 Å². The summed E-state index contributed by atoms with van der Waals surface area (Å²) < 4.78 is 0. The zero-order chi connectivity index (χ0) is 8.43. The summed E-state index contributed by atoms with van der Waals surface area (Å²) >= 11 is 0. The topological polar surface area (TPSA) is 49.6 Å². The predicted octanol–water partition coefficient (Wildman–Crippen LogP) is -0.587. The van der Waals surface area contributed by atoms with E-state index in [1.165, 1.54) is 0 Å². The summed E-state index contributed by atoms with van der Waals surface area (Å²) in [4.78, 5) is 10.9. The SMILES string of the molecule is CN(C)N1CCC[C@H]1C(N)=O. The Hall–Kier alpha value is -0.610. The Morgan fingerprint density at radius 3 is 2.64 bits per heavy atom. The van der Waals surface area contributed by atoms with Crippen LogP contribution in [0.4, 0.5) is 0 Å². The van der Waals surface area contributed by atoms with Crippen molar-refractivity contribution in [3.05, 3.63) is 0 Å². The highest BCUT2D eigenvalue weighted by atomic mass is 16.1. The summed E-state index contributed by atoms with van der Waals surface area (Å²) in [5, 5.41) is 3.94. The molecule has 0 aliphatic carbocycles. The Labute approximate surface area is 66.9 Å². The van der Waals surface area contributed by atoms with E-state index < -0.39 is 0 Å². The average molecular weight is 157 g/mol. The molecule has 0 spiro atoms. The number of nitrogens with zero attached hydrogens (tertiary/aromatic N) is 2. The molecule has 0 aromatic rings. The van der Waals surface area contributed by atoms with Gasteiger partial charge in [0.2, 0.25) is 5.91 Å². The first kappa shape index (κ1) is 8.49. The maximum absolute atomic E-state index is 10.9. The number of nitrogens with two attached hydrogens (primary N) is 1. The molecule has 64 valence electrons. The first-order valence-corrected chi connectivity index (χ1v) is 3.86. The zero-order valence-corrected chi connectivity index (χ0v) is 7.08. The van der Waals surface area contributed by atoms with Crippen LogP contribution in [0.5, 0.6) is 0 Å². The lowest BCUT2D eigenvalue weighted by Crippen LogP contribution is -2.47. The second kappa shape index (κ2) is 3.19. The van der Waals surface area contributed by atoms with Gasteiger partial charge in [0.05, 0.1) is 0 Å². The highest BCUT2D eigenvalue weighted by Gasteiger charge is 2.29. The van der Waals surface area contributed by atoms with Crippen molar-refractivity contribution in [2.24, 2.45) is 5.73 Å². The van der Waals surface area contributed by atoms with E-state index in [-0.39, 0.29) is 11.9 Å². The van der Waals surface area contributed by atoms with Gasteiger partial charge in [0.1, 0.15) is 6.04 Å². The van der Waals surface area contributed by atoms with Crippen LogP contribution in [0.2, 0.25) is 0 Å². The zero-order valence-electron chi connectivity index (χ0n) is 7.08. The Morgan fingerprint density at radius 2 is 2.27 bits per heavy atom.